The van der Waals surface area contributed by atoms with Crippen molar-refractivity contribution in [2.24, 2.45) is 5.92 Å². The third-order valence-corrected chi connectivity index (χ3v) is 3.58. The van der Waals surface area contributed by atoms with Gasteiger partial charge in [0, 0.05) is 6.54 Å². The fourth-order valence-corrected chi connectivity index (χ4v) is 2.10. The van der Waals surface area contributed by atoms with Crippen LogP contribution in [0.2, 0.25) is 5.02 Å². The lowest BCUT2D eigenvalue weighted by molar-refractivity contribution is -0.137. The largest absolute Gasteiger partial charge is 0.416 e. The summed E-state index contributed by atoms with van der Waals surface area (Å²) in [6.45, 7) is 4.87. The Morgan fingerprint density at radius 3 is 2.52 bits per heavy atom. The van der Waals surface area contributed by atoms with Crippen LogP contribution in [0.3, 0.4) is 0 Å². The molecule has 0 aliphatic rings. The summed E-state index contributed by atoms with van der Waals surface area (Å²) in [6.07, 6.45) is -3.03. The van der Waals surface area contributed by atoms with Crippen LogP contribution >= 0.6 is 11.6 Å². The van der Waals surface area contributed by atoms with Crippen LogP contribution in [0.1, 0.15) is 29.9 Å². The van der Waals surface area contributed by atoms with E-state index in [1.807, 2.05) is 0 Å². The topological polar surface area (TPSA) is 54.0 Å². The van der Waals surface area contributed by atoms with Crippen molar-refractivity contribution in [3.05, 3.63) is 52.8 Å². The highest BCUT2D eigenvalue weighted by atomic mass is 35.5. The zero-order valence-electron chi connectivity index (χ0n) is 13.6. The minimum absolute atomic E-state index is 0.0107. The number of aromatic nitrogens is 1. The van der Waals surface area contributed by atoms with Crippen LogP contribution in [-0.2, 0) is 6.18 Å². The third kappa shape index (κ3) is 5.35. The molecule has 1 heterocycles. The van der Waals surface area contributed by atoms with E-state index >= 15 is 0 Å². The van der Waals surface area contributed by atoms with Gasteiger partial charge in [0.25, 0.3) is 5.91 Å². The summed E-state index contributed by atoms with van der Waals surface area (Å²) in [7, 11) is 0. The summed E-state index contributed by atoms with van der Waals surface area (Å²) in [5, 5.41) is 5.52. The lowest BCUT2D eigenvalue weighted by atomic mass is 10.2. The fourth-order valence-electron chi connectivity index (χ4n) is 1.94. The Kier molecular flexibility index (Phi) is 5.89. The Morgan fingerprint density at radius 1 is 1.24 bits per heavy atom. The normalized spacial score (nSPS) is 11.5. The Hall–Kier alpha value is -2.28. The summed E-state index contributed by atoms with van der Waals surface area (Å²) >= 11 is 5.86. The second-order valence-electron chi connectivity index (χ2n) is 5.85. The van der Waals surface area contributed by atoms with Crippen molar-refractivity contribution < 1.29 is 18.0 Å². The lowest BCUT2D eigenvalue weighted by Gasteiger charge is -2.12. The molecule has 0 aliphatic heterocycles. The molecule has 4 nitrogen and oxygen atoms in total. The first kappa shape index (κ1) is 19.1. The van der Waals surface area contributed by atoms with Crippen molar-refractivity contribution in [1.29, 1.82) is 0 Å². The average molecular weight is 372 g/mol. The van der Waals surface area contributed by atoms with Crippen LogP contribution < -0.4 is 10.6 Å². The van der Waals surface area contributed by atoms with E-state index in [0.29, 0.717) is 5.92 Å². The van der Waals surface area contributed by atoms with Gasteiger partial charge in [0.05, 0.1) is 28.2 Å². The number of nitrogens with zero attached hydrogens (tertiary/aromatic N) is 1. The first-order valence-corrected chi connectivity index (χ1v) is 7.92. The number of anilines is 2. The van der Waals surface area contributed by atoms with E-state index in [0.717, 1.165) is 30.4 Å². The number of benzene rings is 1. The molecule has 0 aliphatic carbocycles. The summed E-state index contributed by atoms with van der Waals surface area (Å²) in [5.41, 5.74) is -0.190. The quantitative estimate of drug-likeness (QED) is 0.771. The number of carbonyl (C=O) groups is 1. The van der Waals surface area contributed by atoms with Crippen LogP contribution in [0, 0.1) is 5.92 Å². The van der Waals surface area contributed by atoms with E-state index in [-0.39, 0.29) is 16.4 Å². The van der Waals surface area contributed by atoms with Crippen LogP contribution in [0.15, 0.2) is 36.5 Å². The molecule has 1 aromatic heterocycles. The van der Waals surface area contributed by atoms with Crippen LogP contribution in [-0.4, -0.2) is 17.4 Å². The molecule has 0 unspecified atom stereocenters. The van der Waals surface area contributed by atoms with Gasteiger partial charge in [-0.2, -0.15) is 13.2 Å². The molecule has 2 rings (SSSR count). The molecule has 25 heavy (non-hydrogen) atoms. The predicted molar refractivity (Wildman–Crippen MR) is 92.0 cm³/mol. The van der Waals surface area contributed by atoms with Crippen molar-refractivity contribution in [3.8, 4) is 0 Å². The van der Waals surface area contributed by atoms with Gasteiger partial charge in [-0.3, -0.25) is 4.79 Å². The molecule has 0 atom stereocenters. The predicted octanol–water partition coefficient (Wildman–Crippen LogP) is 5.07. The fraction of sp³-hybridized carbons (Fsp3) is 0.294. The number of pyridine rings is 1. The van der Waals surface area contributed by atoms with Gasteiger partial charge in [0.1, 0.15) is 5.69 Å². The number of carbonyl (C=O) groups excluding carboxylic acids is 1. The van der Waals surface area contributed by atoms with E-state index in [2.05, 4.69) is 29.5 Å². The summed E-state index contributed by atoms with van der Waals surface area (Å²) < 4.78 is 38.3. The highest BCUT2D eigenvalue weighted by Crippen LogP contribution is 2.33. The molecule has 0 spiro atoms. The summed E-state index contributed by atoms with van der Waals surface area (Å²) in [5.74, 6) is -0.192. The highest BCUT2D eigenvalue weighted by Gasteiger charge is 2.31. The smallest absolute Gasteiger partial charge is 0.384 e. The van der Waals surface area contributed by atoms with Gasteiger partial charge < -0.3 is 10.6 Å². The van der Waals surface area contributed by atoms with Gasteiger partial charge in [0.2, 0.25) is 0 Å². The number of hydrogen-bond acceptors (Lipinski definition) is 3. The minimum atomic E-state index is -4.52. The zero-order valence-corrected chi connectivity index (χ0v) is 14.4. The van der Waals surface area contributed by atoms with Gasteiger partial charge in [-0.1, -0.05) is 25.4 Å². The molecule has 0 fully saturated rings. The molecule has 134 valence electrons. The third-order valence-electron chi connectivity index (χ3n) is 3.25. The van der Waals surface area contributed by atoms with E-state index in [1.165, 1.54) is 12.3 Å². The van der Waals surface area contributed by atoms with E-state index < -0.39 is 17.6 Å². The molecule has 0 radical (unpaired) electrons. The molecule has 8 heteroatoms. The number of halogens is 4. The monoisotopic (exact) mass is 371 g/mol. The lowest BCUT2D eigenvalue weighted by Crippen LogP contribution is -2.15. The number of rotatable bonds is 5. The van der Waals surface area contributed by atoms with Gasteiger partial charge in [-0.05, 0) is 36.2 Å². The number of nitrogens with one attached hydrogen (secondary N) is 2. The Bertz CT molecular complexity index is 746. The van der Waals surface area contributed by atoms with Crippen molar-refractivity contribution in [1.82, 2.24) is 4.98 Å². The molecule has 2 aromatic rings. The SMILES string of the molecule is CC(C)CNc1ccc(C(=O)Nc2cc(C(F)(F)F)ccc2Cl)nc1. The van der Waals surface area contributed by atoms with Crippen molar-refractivity contribution in [3.63, 3.8) is 0 Å². The molecule has 2 N–H and O–H groups in total. The maximum Gasteiger partial charge on any atom is 0.416 e. The van der Waals surface area contributed by atoms with E-state index in [4.69, 9.17) is 11.6 Å². The Morgan fingerprint density at radius 2 is 1.96 bits per heavy atom. The van der Waals surface area contributed by atoms with Gasteiger partial charge in [0.15, 0.2) is 0 Å². The summed E-state index contributed by atoms with van der Waals surface area (Å²) in [4.78, 5) is 16.2. The highest BCUT2D eigenvalue weighted by molar-refractivity contribution is 6.33. The molecule has 0 saturated carbocycles. The Balaban J connectivity index is 2.12. The maximum absolute atomic E-state index is 12.8. The standard InChI is InChI=1S/C17H17ClF3N3O/c1-10(2)8-22-12-4-6-14(23-9-12)16(25)24-15-7-11(17(19,20)21)3-5-13(15)18/h3-7,9-10,22H,8H2,1-2H3,(H,24,25). The molecule has 1 aromatic carbocycles. The zero-order chi connectivity index (χ0) is 18.6. The number of hydrogen-bond donors (Lipinski definition) is 2. The maximum atomic E-state index is 12.8. The van der Waals surface area contributed by atoms with Crippen LogP contribution in [0.4, 0.5) is 24.5 Å². The van der Waals surface area contributed by atoms with Gasteiger partial charge in [-0.15, -0.1) is 0 Å². The molecule has 0 bridgehead atoms. The minimum Gasteiger partial charge on any atom is -0.384 e. The number of alkyl halides is 3. The van der Waals surface area contributed by atoms with Crippen molar-refractivity contribution >= 4 is 28.9 Å². The Labute approximate surface area is 148 Å². The van der Waals surface area contributed by atoms with Crippen molar-refractivity contribution in [2.75, 3.05) is 17.2 Å². The van der Waals surface area contributed by atoms with Crippen LogP contribution in [0.5, 0.6) is 0 Å². The van der Waals surface area contributed by atoms with E-state index in [1.54, 1.807) is 6.07 Å². The molecule has 1 amide bonds. The second-order valence-corrected chi connectivity index (χ2v) is 6.26. The first-order chi connectivity index (χ1) is 11.7. The number of amides is 1. The summed E-state index contributed by atoms with van der Waals surface area (Å²) in [6, 6.07) is 5.90. The average Bonchev–Trinajstić information content (AvgIpc) is 2.54. The van der Waals surface area contributed by atoms with E-state index in [9.17, 15) is 18.0 Å². The van der Waals surface area contributed by atoms with Crippen molar-refractivity contribution in [2.45, 2.75) is 20.0 Å². The second kappa shape index (κ2) is 7.74. The molecular weight excluding hydrogens is 355 g/mol. The van der Waals surface area contributed by atoms with Crippen LogP contribution in [0.25, 0.3) is 0 Å². The first-order valence-electron chi connectivity index (χ1n) is 7.55. The van der Waals surface area contributed by atoms with Gasteiger partial charge >= 0.3 is 6.18 Å². The molecule has 0 saturated heterocycles. The van der Waals surface area contributed by atoms with Gasteiger partial charge in [-0.25, -0.2) is 4.98 Å². The molecular formula is C17H17ClF3N3O.